The second-order valence-corrected chi connectivity index (χ2v) is 8.67. The molecule has 1 saturated carbocycles. The summed E-state index contributed by atoms with van der Waals surface area (Å²) >= 11 is 0. The quantitative estimate of drug-likeness (QED) is 0.416. The van der Waals surface area contributed by atoms with Crippen molar-refractivity contribution in [1.29, 1.82) is 0 Å². The van der Waals surface area contributed by atoms with Gasteiger partial charge < -0.3 is 5.73 Å². The molecule has 5 rings (SSSR count). The van der Waals surface area contributed by atoms with Gasteiger partial charge in [-0.1, -0.05) is 97.1 Å². The zero-order valence-electron chi connectivity index (χ0n) is 18.7. The topological polar surface area (TPSA) is 63.4 Å². The van der Waals surface area contributed by atoms with E-state index in [1.54, 1.807) is 4.90 Å². The zero-order chi connectivity index (χ0) is 23.5. The van der Waals surface area contributed by atoms with Crippen LogP contribution in [-0.2, 0) is 9.59 Å². The van der Waals surface area contributed by atoms with Crippen molar-refractivity contribution >= 4 is 23.2 Å². The molecule has 4 heteroatoms. The van der Waals surface area contributed by atoms with Gasteiger partial charge in [-0.05, 0) is 35.4 Å². The van der Waals surface area contributed by atoms with Crippen LogP contribution in [-0.4, -0.2) is 11.8 Å². The molecule has 0 spiro atoms. The van der Waals surface area contributed by atoms with Crippen molar-refractivity contribution in [2.24, 2.45) is 17.6 Å². The lowest BCUT2D eigenvalue weighted by molar-refractivity contribution is -0.140. The molecule has 0 radical (unpaired) electrons. The van der Waals surface area contributed by atoms with E-state index in [1.165, 1.54) is 0 Å². The Morgan fingerprint density at radius 1 is 0.529 bits per heavy atom. The van der Waals surface area contributed by atoms with E-state index in [2.05, 4.69) is 0 Å². The van der Waals surface area contributed by atoms with Crippen LogP contribution in [0.5, 0.6) is 0 Å². The maximum absolute atomic E-state index is 14.3. The van der Waals surface area contributed by atoms with Crippen LogP contribution in [0.15, 0.2) is 121 Å². The summed E-state index contributed by atoms with van der Waals surface area (Å²) in [5.41, 5.74) is 9.54. The van der Waals surface area contributed by atoms with Crippen molar-refractivity contribution in [3.05, 3.63) is 132 Å². The smallest absolute Gasteiger partial charge is 0.236 e. The molecule has 4 aromatic rings. The molecule has 34 heavy (non-hydrogen) atoms. The van der Waals surface area contributed by atoms with E-state index in [0.29, 0.717) is 0 Å². The number of benzene rings is 4. The normalized spacial score (nSPS) is 21.3. The molecule has 1 aliphatic carbocycles. The molecule has 4 unspecified atom stereocenters. The summed E-state index contributed by atoms with van der Waals surface area (Å²) in [6.07, 6.45) is 0. The molecule has 2 N–H and O–H groups in total. The first-order valence-electron chi connectivity index (χ1n) is 11.5. The van der Waals surface area contributed by atoms with Gasteiger partial charge in [-0.15, -0.1) is 0 Å². The Labute approximate surface area is 199 Å². The molecule has 0 bridgehead atoms. The monoisotopic (exact) mass is 446 g/mol. The van der Waals surface area contributed by atoms with E-state index in [0.717, 1.165) is 22.5 Å². The Kier molecular flexibility index (Phi) is 5.96. The Morgan fingerprint density at radius 2 is 0.882 bits per heavy atom. The summed E-state index contributed by atoms with van der Waals surface area (Å²) in [5.74, 6) is -2.07. The molecule has 4 nitrogen and oxygen atoms in total. The van der Waals surface area contributed by atoms with E-state index >= 15 is 0 Å². The molecular formula is C30H26N2O2. The van der Waals surface area contributed by atoms with Gasteiger partial charge in [0.2, 0.25) is 11.8 Å². The predicted octanol–water partition coefficient (Wildman–Crippen LogP) is 5.65. The fourth-order valence-corrected chi connectivity index (χ4v) is 5.30. The van der Waals surface area contributed by atoms with E-state index in [-0.39, 0.29) is 17.7 Å². The minimum atomic E-state index is -0.602. The van der Waals surface area contributed by atoms with Crippen molar-refractivity contribution < 1.29 is 9.59 Å². The number of para-hydroxylation sites is 2. The van der Waals surface area contributed by atoms with Crippen molar-refractivity contribution in [3.63, 3.8) is 0 Å². The van der Waals surface area contributed by atoms with E-state index in [1.807, 2.05) is 121 Å². The van der Waals surface area contributed by atoms with Crippen molar-refractivity contribution in [1.82, 2.24) is 0 Å². The maximum atomic E-state index is 14.3. The molecule has 0 aromatic heterocycles. The van der Waals surface area contributed by atoms with Crippen LogP contribution < -0.4 is 10.6 Å². The Hall–Kier alpha value is -4.18. The van der Waals surface area contributed by atoms with Crippen LogP contribution in [0.25, 0.3) is 0 Å². The van der Waals surface area contributed by atoms with Gasteiger partial charge in [0.25, 0.3) is 0 Å². The van der Waals surface area contributed by atoms with Gasteiger partial charge in [0.15, 0.2) is 0 Å². The number of carbonyl (C=O) groups is 2. The largest absolute Gasteiger partial charge is 0.369 e. The summed E-state index contributed by atoms with van der Waals surface area (Å²) in [4.78, 5) is 28.8. The van der Waals surface area contributed by atoms with Gasteiger partial charge in [0.1, 0.15) is 0 Å². The van der Waals surface area contributed by atoms with Crippen LogP contribution in [0.3, 0.4) is 0 Å². The minimum absolute atomic E-state index is 0.123. The Balaban J connectivity index is 1.63. The van der Waals surface area contributed by atoms with Crippen LogP contribution in [0.1, 0.15) is 23.0 Å². The van der Waals surface area contributed by atoms with E-state index < -0.39 is 17.7 Å². The molecule has 2 amide bonds. The number of amides is 2. The third kappa shape index (κ3) is 3.88. The predicted molar refractivity (Wildman–Crippen MR) is 135 cm³/mol. The average Bonchev–Trinajstić information content (AvgIpc) is 2.86. The van der Waals surface area contributed by atoms with E-state index in [9.17, 15) is 9.59 Å². The highest BCUT2D eigenvalue weighted by Gasteiger charge is 2.58. The summed E-state index contributed by atoms with van der Waals surface area (Å²) in [6, 6.07) is 39.0. The first-order chi connectivity index (χ1) is 16.7. The number of hydrogen-bond donors (Lipinski definition) is 1. The SMILES string of the molecule is NC(=O)C1C(C(=O)N(c2ccccc2)c2ccccc2)C(c2ccccc2)C1c1ccccc1. The number of primary amides is 1. The van der Waals surface area contributed by atoms with Gasteiger partial charge >= 0.3 is 0 Å². The summed E-state index contributed by atoms with van der Waals surface area (Å²) in [7, 11) is 0. The molecule has 1 aliphatic rings. The number of anilines is 2. The lowest BCUT2D eigenvalue weighted by atomic mass is 9.51. The highest BCUT2D eigenvalue weighted by molar-refractivity contribution is 6.05. The zero-order valence-corrected chi connectivity index (χ0v) is 18.7. The lowest BCUT2D eigenvalue weighted by Crippen LogP contribution is -2.56. The van der Waals surface area contributed by atoms with Crippen molar-refractivity contribution in [3.8, 4) is 0 Å². The standard InChI is InChI=1S/C30H26N2O2/c31-29(33)27-25(21-13-5-1-6-14-21)26(22-15-7-2-8-16-22)28(27)30(34)32(23-17-9-3-10-18-23)24-19-11-4-12-20-24/h1-20,25-28H,(H2,31,33). The molecule has 168 valence electrons. The number of carbonyl (C=O) groups excluding carboxylic acids is 2. The van der Waals surface area contributed by atoms with Crippen LogP contribution in [0, 0.1) is 11.8 Å². The lowest BCUT2D eigenvalue weighted by Gasteiger charge is -2.51. The third-order valence-electron chi connectivity index (χ3n) is 6.78. The number of nitrogens with zero attached hydrogens (tertiary/aromatic N) is 1. The molecule has 4 atom stereocenters. The molecule has 0 heterocycles. The average molecular weight is 447 g/mol. The van der Waals surface area contributed by atoms with Crippen molar-refractivity contribution in [2.45, 2.75) is 11.8 Å². The fraction of sp³-hybridized carbons (Fsp3) is 0.133. The second-order valence-electron chi connectivity index (χ2n) is 8.67. The highest BCUT2D eigenvalue weighted by Crippen LogP contribution is 2.58. The van der Waals surface area contributed by atoms with Crippen LogP contribution in [0.2, 0.25) is 0 Å². The first kappa shape index (κ1) is 21.7. The number of rotatable bonds is 6. The van der Waals surface area contributed by atoms with Gasteiger partial charge in [-0.25, -0.2) is 0 Å². The minimum Gasteiger partial charge on any atom is -0.369 e. The van der Waals surface area contributed by atoms with Crippen LogP contribution >= 0.6 is 0 Å². The van der Waals surface area contributed by atoms with Crippen LogP contribution in [0.4, 0.5) is 11.4 Å². The second kappa shape index (κ2) is 9.36. The summed E-state index contributed by atoms with van der Waals surface area (Å²) in [6.45, 7) is 0. The van der Waals surface area contributed by atoms with Gasteiger partial charge in [-0.2, -0.15) is 0 Å². The highest BCUT2D eigenvalue weighted by atomic mass is 16.2. The molecule has 1 fully saturated rings. The fourth-order valence-electron chi connectivity index (χ4n) is 5.30. The van der Waals surface area contributed by atoms with E-state index in [4.69, 9.17) is 5.73 Å². The number of nitrogens with two attached hydrogens (primary N) is 1. The first-order valence-corrected chi connectivity index (χ1v) is 11.5. The Bertz CT molecular complexity index is 1220. The van der Waals surface area contributed by atoms with Gasteiger partial charge in [-0.3, -0.25) is 14.5 Å². The van der Waals surface area contributed by atoms with Gasteiger partial charge in [0, 0.05) is 23.2 Å². The van der Waals surface area contributed by atoms with Crippen molar-refractivity contribution in [2.75, 3.05) is 4.90 Å². The van der Waals surface area contributed by atoms with Gasteiger partial charge in [0.05, 0.1) is 11.8 Å². The molecule has 0 saturated heterocycles. The maximum Gasteiger partial charge on any atom is 0.236 e. The summed E-state index contributed by atoms with van der Waals surface area (Å²) < 4.78 is 0. The number of hydrogen-bond acceptors (Lipinski definition) is 2. The molecular weight excluding hydrogens is 420 g/mol. The third-order valence-corrected chi connectivity index (χ3v) is 6.78. The molecule has 0 aliphatic heterocycles. The summed E-state index contributed by atoms with van der Waals surface area (Å²) in [5, 5.41) is 0. The Morgan fingerprint density at radius 3 is 1.26 bits per heavy atom. The molecule has 4 aromatic carbocycles.